The molecule has 0 unspecified atom stereocenters. The molecule has 5 heteroatoms. The number of aliphatic hydroxyl groups excluding tert-OH is 1. The fourth-order valence-corrected chi connectivity index (χ4v) is 5.91. The van der Waals surface area contributed by atoms with E-state index in [0.29, 0.717) is 19.8 Å². The summed E-state index contributed by atoms with van der Waals surface area (Å²) in [6.45, 7) is 8.09. The normalized spacial score (nSPS) is 24.0. The van der Waals surface area contributed by atoms with Crippen LogP contribution in [-0.2, 0) is 35.7 Å². The van der Waals surface area contributed by atoms with Gasteiger partial charge >= 0.3 is 0 Å². The lowest BCUT2D eigenvalue weighted by molar-refractivity contribution is -0.137. The molecule has 0 amide bonds. The molecule has 3 atom stereocenters. The summed E-state index contributed by atoms with van der Waals surface area (Å²) in [5, 5.41) is 10.8. The van der Waals surface area contributed by atoms with Gasteiger partial charge in [0.2, 0.25) is 0 Å². The molecule has 1 N–H and O–H groups in total. The first-order valence-electron chi connectivity index (χ1n) is 13.2. The van der Waals surface area contributed by atoms with Crippen LogP contribution in [0.4, 0.5) is 0 Å². The van der Waals surface area contributed by atoms with Crippen LogP contribution in [0, 0.1) is 11.3 Å². The molecule has 1 aliphatic carbocycles. The van der Waals surface area contributed by atoms with Crippen molar-refractivity contribution in [2.75, 3.05) is 6.79 Å². The van der Waals surface area contributed by atoms with Gasteiger partial charge in [0.05, 0.1) is 25.9 Å². The standard InChI is InChI=1S/C32H38O5/c1-31(2)29-17-25-16-26(21-34-19-23-10-6-4-7-11-23)27(36-22-35-20-24-12-8-5-9-13-24)18-28(25)37-32(29,3)15-14-30(31)33/h4-13,16,18,29-30,33H,14-15,17,19-22H2,1-3H3/t29-,30-,32-/m1/s1. The van der Waals surface area contributed by atoms with Crippen molar-refractivity contribution in [3.05, 3.63) is 95.1 Å². The van der Waals surface area contributed by atoms with E-state index in [1.807, 2.05) is 54.6 Å². The average Bonchev–Trinajstić information content (AvgIpc) is 2.90. The van der Waals surface area contributed by atoms with Gasteiger partial charge in [-0.25, -0.2) is 0 Å². The van der Waals surface area contributed by atoms with Gasteiger partial charge in [-0.3, -0.25) is 0 Å². The highest BCUT2D eigenvalue weighted by atomic mass is 16.7. The Hall–Kier alpha value is -2.86. The number of aliphatic hydroxyl groups is 1. The summed E-state index contributed by atoms with van der Waals surface area (Å²) in [4.78, 5) is 0. The molecule has 2 aliphatic rings. The van der Waals surface area contributed by atoms with Crippen molar-refractivity contribution in [2.24, 2.45) is 11.3 Å². The molecule has 196 valence electrons. The van der Waals surface area contributed by atoms with Crippen LogP contribution in [0.25, 0.3) is 0 Å². The molecular formula is C32H38O5. The van der Waals surface area contributed by atoms with E-state index in [-0.39, 0.29) is 29.8 Å². The van der Waals surface area contributed by atoms with E-state index < -0.39 is 0 Å². The molecular weight excluding hydrogens is 464 g/mol. The quantitative estimate of drug-likeness (QED) is 0.269. The first-order valence-corrected chi connectivity index (χ1v) is 13.2. The predicted octanol–water partition coefficient (Wildman–Crippen LogP) is 6.45. The number of hydrogen-bond donors (Lipinski definition) is 1. The summed E-state index contributed by atoms with van der Waals surface area (Å²) in [6, 6.07) is 24.4. The van der Waals surface area contributed by atoms with E-state index in [1.54, 1.807) is 0 Å². The van der Waals surface area contributed by atoms with Crippen LogP contribution in [0.1, 0.15) is 55.9 Å². The molecule has 0 radical (unpaired) electrons. The van der Waals surface area contributed by atoms with Crippen LogP contribution in [-0.4, -0.2) is 23.6 Å². The van der Waals surface area contributed by atoms with E-state index in [9.17, 15) is 5.11 Å². The zero-order chi connectivity index (χ0) is 25.9. The number of benzene rings is 3. The molecule has 5 rings (SSSR count). The minimum Gasteiger partial charge on any atom is -0.487 e. The molecule has 0 spiro atoms. The minimum atomic E-state index is -0.325. The van der Waals surface area contributed by atoms with Gasteiger partial charge in [0.15, 0.2) is 6.79 Å². The van der Waals surface area contributed by atoms with Crippen LogP contribution < -0.4 is 9.47 Å². The summed E-state index contributed by atoms with van der Waals surface area (Å²) in [7, 11) is 0. The second kappa shape index (κ2) is 10.9. The van der Waals surface area contributed by atoms with Crippen LogP contribution >= 0.6 is 0 Å². The molecule has 0 aromatic heterocycles. The van der Waals surface area contributed by atoms with Gasteiger partial charge in [0, 0.05) is 17.5 Å². The van der Waals surface area contributed by atoms with Gasteiger partial charge in [-0.1, -0.05) is 74.5 Å². The lowest BCUT2D eigenvalue weighted by atomic mass is 9.57. The second-order valence-corrected chi connectivity index (χ2v) is 11.2. The van der Waals surface area contributed by atoms with Crippen molar-refractivity contribution in [1.29, 1.82) is 0 Å². The second-order valence-electron chi connectivity index (χ2n) is 11.2. The predicted molar refractivity (Wildman–Crippen MR) is 143 cm³/mol. The highest BCUT2D eigenvalue weighted by molar-refractivity contribution is 5.48. The Morgan fingerprint density at radius 2 is 1.51 bits per heavy atom. The van der Waals surface area contributed by atoms with E-state index >= 15 is 0 Å². The van der Waals surface area contributed by atoms with Crippen LogP contribution in [0.3, 0.4) is 0 Å². The fourth-order valence-electron chi connectivity index (χ4n) is 5.91. The van der Waals surface area contributed by atoms with Gasteiger partial charge < -0.3 is 24.1 Å². The smallest absolute Gasteiger partial charge is 0.189 e. The van der Waals surface area contributed by atoms with E-state index in [0.717, 1.165) is 53.0 Å². The van der Waals surface area contributed by atoms with Crippen LogP contribution in [0.5, 0.6) is 11.5 Å². The van der Waals surface area contributed by atoms with Crippen molar-refractivity contribution in [3.8, 4) is 11.5 Å². The lowest BCUT2D eigenvalue weighted by Crippen LogP contribution is -2.58. The number of ether oxygens (including phenoxy) is 4. The highest BCUT2D eigenvalue weighted by Crippen LogP contribution is 2.53. The molecule has 0 saturated heterocycles. The first-order chi connectivity index (χ1) is 17.8. The number of rotatable bonds is 9. The first kappa shape index (κ1) is 25.8. The topological polar surface area (TPSA) is 57.2 Å². The van der Waals surface area contributed by atoms with Crippen molar-refractivity contribution in [3.63, 3.8) is 0 Å². The van der Waals surface area contributed by atoms with E-state index in [2.05, 4.69) is 39.0 Å². The number of hydrogen-bond acceptors (Lipinski definition) is 5. The Morgan fingerprint density at radius 3 is 2.19 bits per heavy atom. The molecule has 5 nitrogen and oxygen atoms in total. The molecule has 1 fully saturated rings. The van der Waals surface area contributed by atoms with Crippen molar-refractivity contribution in [1.82, 2.24) is 0 Å². The van der Waals surface area contributed by atoms with E-state index in [4.69, 9.17) is 18.9 Å². The van der Waals surface area contributed by atoms with Crippen LogP contribution in [0.2, 0.25) is 0 Å². The molecule has 1 saturated carbocycles. The molecule has 1 heterocycles. The third kappa shape index (κ3) is 5.69. The monoisotopic (exact) mass is 502 g/mol. The zero-order valence-corrected chi connectivity index (χ0v) is 22.1. The summed E-state index contributed by atoms with van der Waals surface area (Å²) in [6.07, 6.45) is 2.11. The molecule has 37 heavy (non-hydrogen) atoms. The van der Waals surface area contributed by atoms with Gasteiger partial charge in [0.1, 0.15) is 17.1 Å². The summed E-state index contributed by atoms with van der Waals surface area (Å²) in [5.74, 6) is 1.79. The third-order valence-corrected chi connectivity index (χ3v) is 8.20. The SMILES string of the molecule is CC1(C)[C@H](O)CC[C@@]2(C)Oc3cc(OCOCc4ccccc4)c(COCc4ccccc4)cc3C[C@H]12. The third-order valence-electron chi connectivity index (χ3n) is 8.20. The van der Waals surface area contributed by atoms with Crippen molar-refractivity contribution >= 4 is 0 Å². The number of fused-ring (bicyclic) bond motifs is 2. The molecule has 3 aromatic rings. The van der Waals surface area contributed by atoms with Crippen LogP contribution in [0.15, 0.2) is 72.8 Å². The van der Waals surface area contributed by atoms with Crippen molar-refractivity contribution < 1.29 is 24.1 Å². The summed E-state index contributed by atoms with van der Waals surface area (Å²) in [5.41, 5.74) is 3.80. The lowest BCUT2D eigenvalue weighted by Gasteiger charge is -2.55. The van der Waals surface area contributed by atoms with Gasteiger partial charge in [-0.2, -0.15) is 0 Å². The Kier molecular flexibility index (Phi) is 7.57. The Balaban J connectivity index is 1.34. The maximum absolute atomic E-state index is 10.8. The molecule has 3 aromatic carbocycles. The Labute approximate surface area is 220 Å². The fraction of sp³-hybridized carbons (Fsp3) is 0.438. The zero-order valence-electron chi connectivity index (χ0n) is 22.1. The minimum absolute atomic E-state index is 0.137. The summed E-state index contributed by atoms with van der Waals surface area (Å²) < 4.78 is 24.7. The largest absolute Gasteiger partial charge is 0.487 e. The van der Waals surface area contributed by atoms with E-state index in [1.165, 1.54) is 0 Å². The average molecular weight is 503 g/mol. The maximum Gasteiger partial charge on any atom is 0.189 e. The van der Waals surface area contributed by atoms with Gasteiger partial charge in [-0.15, -0.1) is 0 Å². The maximum atomic E-state index is 10.8. The Bertz CT molecular complexity index is 1180. The Morgan fingerprint density at radius 1 is 0.865 bits per heavy atom. The highest BCUT2D eigenvalue weighted by Gasteiger charge is 2.54. The van der Waals surface area contributed by atoms with Crippen molar-refractivity contribution in [2.45, 2.75) is 71.6 Å². The van der Waals surface area contributed by atoms with Gasteiger partial charge in [-0.05, 0) is 54.4 Å². The molecule has 1 aliphatic heterocycles. The van der Waals surface area contributed by atoms with Gasteiger partial charge in [0.25, 0.3) is 0 Å². The summed E-state index contributed by atoms with van der Waals surface area (Å²) >= 11 is 0. The molecule has 0 bridgehead atoms.